The van der Waals surface area contributed by atoms with Gasteiger partial charge in [-0.25, -0.2) is 0 Å². The molecule has 1 saturated carbocycles. The Morgan fingerprint density at radius 3 is 2.62 bits per heavy atom. The van der Waals surface area contributed by atoms with E-state index in [4.69, 9.17) is 5.11 Å². The highest BCUT2D eigenvalue weighted by Gasteiger charge is 2.13. The van der Waals surface area contributed by atoms with Gasteiger partial charge in [0.15, 0.2) is 0 Å². The van der Waals surface area contributed by atoms with Gasteiger partial charge in [0.2, 0.25) is 0 Å². The van der Waals surface area contributed by atoms with Gasteiger partial charge in [0.25, 0.3) is 0 Å². The molecule has 0 atom stereocenters. The number of hydrogen-bond acceptors (Lipinski definition) is 3. The SMILES string of the molecule is O=C(O)CCSSC1CCCCC1. The molecule has 1 rings (SSSR count). The molecule has 0 aromatic carbocycles. The van der Waals surface area contributed by atoms with Gasteiger partial charge < -0.3 is 5.11 Å². The zero-order valence-electron chi connectivity index (χ0n) is 7.70. The lowest BCUT2D eigenvalue weighted by Gasteiger charge is -2.19. The van der Waals surface area contributed by atoms with Crippen molar-refractivity contribution in [2.24, 2.45) is 0 Å². The fourth-order valence-corrected chi connectivity index (χ4v) is 4.20. The average molecular weight is 220 g/mol. The van der Waals surface area contributed by atoms with Crippen molar-refractivity contribution in [1.82, 2.24) is 0 Å². The Morgan fingerprint density at radius 1 is 1.31 bits per heavy atom. The van der Waals surface area contributed by atoms with Gasteiger partial charge in [0.1, 0.15) is 0 Å². The molecular formula is C9H16O2S2. The zero-order chi connectivity index (χ0) is 9.52. The molecule has 0 aromatic heterocycles. The molecule has 1 N–H and O–H groups in total. The summed E-state index contributed by atoms with van der Waals surface area (Å²) in [7, 11) is 3.62. The third-order valence-corrected chi connectivity index (χ3v) is 5.13. The van der Waals surface area contributed by atoms with Crippen LogP contribution in [0.4, 0.5) is 0 Å². The highest BCUT2D eigenvalue weighted by atomic mass is 33.1. The molecule has 76 valence electrons. The van der Waals surface area contributed by atoms with Crippen molar-refractivity contribution in [2.45, 2.75) is 43.8 Å². The summed E-state index contributed by atoms with van der Waals surface area (Å²) in [5.74, 6) is 0.0630. The number of rotatable bonds is 5. The maximum Gasteiger partial charge on any atom is 0.304 e. The number of carbonyl (C=O) groups is 1. The summed E-state index contributed by atoms with van der Waals surface area (Å²) in [6.45, 7) is 0. The Labute approximate surface area is 87.3 Å². The minimum absolute atomic E-state index is 0.296. The lowest BCUT2D eigenvalue weighted by Crippen LogP contribution is -2.06. The molecule has 0 aromatic rings. The highest BCUT2D eigenvalue weighted by Crippen LogP contribution is 2.36. The Bertz CT molecular complexity index is 156. The van der Waals surface area contributed by atoms with Gasteiger partial charge >= 0.3 is 5.97 Å². The first-order valence-electron chi connectivity index (χ1n) is 4.79. The third kappa shape index (κ3) is 5.47. The molecule has 4 heteroatoms. The van der Waals surface area contributed by atoms with Crippen LogP contribution >= 0.6 is 21.6 Å². The molecule has 1 aliphatic carbocycles. The van der Waals surface area contributed by atoms with Crippen LogP contribution in [0.5, 0.6) is 0 Å². The summed E-state index contributed by atoms with van der Waals surface area (Å²) in [6.07, 6.45) is 7.05. The summed E-state index contributed by atoms with van der Waals surface area (Å²) >= 11 is 0. The summed E-state index contributed by atoms with van der Waals surface area (Å²) < 4.78 is 0. The van der Waals surface area contributed by atoms with E-state index in [9.17, 15) is 4.79 Å². The molecule has 13 heavy (non-hydrogen) atoms. The second-order valence-corrected chi connectivity index (χ2v) is 6.11. The van der Waals surface area contributed by atoms with Crippen molar-refractivity contribution in [3.63, 3.8) is 0 Å². The van der Waals surface area contributed by atoms with Crippen LogP contribution in [0.3, 0.4) is 0 Å². The van der Waals surface area contributed by atoms with E-state index in [1.807, 2.05) is 10.8 Å². The van der Waals surface area contributed by atoms with Crippen molar-refractivity contribution in [2.75, 3.05) is 5.75 Å². The predicted molar refractivity (Wildman–Crippen MR) is 59.2 cm³/mol. The number of carboxylic acids is 1. The van der Waals surface area contributed by atoms with Crippen LogP contribution in [0, 0.1) is 0 Å². The quantitative estimate of drug-likeness (QED) is 0.570. The first-order chi connectivity index (χ1) is 6.29. The van der Waals surface area contributed by atoms with Crippen LogP contribution in [0.25, 0.3) is 0 Å². The van der Waals surface area contributed by atoms with E-state index in [0.717, 1.165) is 11.0 Å². The molecule has 0 aliphatic heterocycles. The molecule has 0 radical (unpaired) electrons. The summed E-state index contributed by atoms with van der Waals surface area (Å²) in [4.78, 5) is 10.2. The van der Waals surface area contributed by atoms with E-state index >= 15 is 0 Å². The highest BCUT2D eigenvalue weighted by molar-refractivity contribution is 8.76. The fourth-order valence-electron chi connectivity index (χ4n) is 1.43. The van der Waals surface area contributed by atoms with Crippen molar-refractivity contribution >= 4 is 27.6 Å². The zero-order valence-corrected chi connectivity index (χ0v) is 9.33. The van der Waals surface area contributed by atoms with E-state index in [2.05, 4.69) is 0 Å². The predicted octanol–water partition coefficient (Wildman–Crippen LogP) is 3.18. The van der Waals surface area contributed by atoms with Gasteiger partial charge in [0, 0.05) is 11.0 Å². The van der Waals surface area contributed by atoms with Crippen molar-refractivity contribution < 1.29 is 9.90 Å². The fraction of sp³-hybridized carbons (Fsp3) is 0.889. The molecule has 0 spiro atoms. The molecule has 1 fully saturated rings. The maximum atomic E-state index is 10.2. The van der Waals surface area contributed by atoms with E-state index in [-0.39, 0.29) is 0 Å². The molecular weight excluding hydrogens is 204 g/mol. The molecule has 0 amide bonds. The lowest BCUT2D eigenvalue weighted by molar-refractivity contribution is -0.136. The molecule has 0 saturated heterocycles. The maximum absolute atomic E-state index is 10.2. The normalized spacial score (nSPS) is 18.8. The number of carboxylic acid groups (broad SMARTS) is 1. The van der Waals surface area contributed by atoms with E-state index in [0.29, 0.717) is 6.42 Å². The minimum atomic E-state index is -0.684. The average Bonchev–Trinajstić information content (AvgIpc) is 2.14. The van der Waals surface area contributed by atoms with Crippen molar-refractivity contribution in [1.29, 1.82) is 0 Å². The molecule has 0 bridgehead atoms. The monoisotopic (exact) mass is 220 g/mol. The smallest absolute Gasteiger partial charge is 0.304 e. The van der Waals surface area contributed by atoms with Crippen LogP contribution in [0.1, 0.15) is 38.5 Å². The topological polar surface area (TPSA) is 37.3 Å². The minimum Gasteiger partial charge on any atom is -0.481 e. The summed E-state index contributed by atoms with van der Waals surface area (Å²) in [5, 5.41) is 9.21. The summed E-state index contributed by atoms with van der Waals surface area (Å²) in [6, 6.07) is 0. The van der Waals surface area contributed by atoms with Crippen LogP contribution in [0.15, 0.2) is 0 Å². The van der Waals surface area contributed by atoms with Gasteiger partial charge in [-0.2, -0.15) is 0 Å². The van der Waals surface area contributed by atoms with Gasteiger partial charge in [0.05, 0.1) is 6.42 Å². The van der Waals surface area contributed by atoms with Crippen molar-refractivity contribution in [3.8, 4) is 0 Å². The first-order valence-corrected chi connectivity index (χ1v) is 7.17. The molecule has 1 aliphatic rings. The van der Waals surface area contributed by atoms with Crippen molar-refractivity contribution in [3.05, 3.63) is 0 Å². The molecule has 2 nitrogen and oxygen atoms in total. The third-order valence-electron chi connectivity index (χ3n) is 2.16. The van der Waals surface area contributed by atoms with E-state index in [1.165, 1.54) is 32.1 Å². The second kappa shape index (κ2) is 6.60. The Hall–Kier alpha value is 0.170. The van der Waals surface area contributed by atoms with Crippen LogP contribution in [-0.2, 0) is 4.79 Å². The Morgan fingerprint density at radius 2 is 2.00 bits per heavy atom. The Balaban J connectivity index is 1.95. The van der Waals surface area contributed by atoms with Crippen LogP contribution in [-0.4, -0.2) is 22.1 Å². The second-order valence-electron chi connectivity index (χ2n) is 3.32. The largest absolute Gasteiger partial charge is 0.481 e. The van der Waals surface area contributed by atoms with Gasteiger partial charge in [-0.05, 0) is 12.8 Å². The molecule has 0 heterocycles. The van der Waals surface area contributed by atoms with Gasteiger partial charge in [-0.15, -0.1) is 0 Å². The Kier molecular flexibility index (Phi) is 5.71. The number of hydrogen-bond donors (Lipinski definition) is 1. The van der Waals surface area contributed by atoms with Gasteiger partial charge in [-0.3, -0.25) is 4.79 Å². The van der Waals surface area contributed by atoms with Crippen LogP contribution < -0.4 is 0 Å². The van der Waals surface area contributed by atoms with Gasteiger partial charge in [-0.1, -0.05) is 40.9 Å². The lowest BCUT2D eigenvalue weighted by atomic mass is 10.0. The van der Waals surface area contributed by atoms with Crippen LogP contribution in [0.2, 0.25) is 0 Å². The standard InChI is InChI=1S/C9H16O2S2/c10-9(11)6-7-12-13-8-4-2-1-3-5-8/h8H,1-7H2,(H,10,11). The summed E-state index contributed by atoms with van der Waals surface area (Å²) in [5.41, 5.74) is 0. The first kappa shape index (κ1) is 11.2. The van der Waals surface area contributed by atoms with E-state index < -0.39 is 5.97 Å². The number of aliphatic carboxylic acids is 1. The van der Waals surface area contributed by atoms with E-state index in [1.54, 1.807) is 10.8 Å². The molecule has 0 unspecified atom stereocenters.